The number of carbonyl (C=O) groups is 1. The van der Waals surface area contributed by atoms with Gasteiger partial charge in [0.05, 0.1) is 19.3 Å². The number of aliphatic hydroxyl groups excluding tert-OH is 3. The Balaban J connectivity index is 2.19. The first-order chi connectivity index (χ1) is 14.3. The first-order valence-electron chi connectivity index (χ1n) is 10.0. The number of aromatic hydroxyl groups is 2. The van der Waals surface area contributed by atoms with E-state index in [2.05, 4.69) is 0 Å². The molecule has 1 saturated heterocycles. The number of fused-ring (bicyclic) bond motifs is 3. The number of ether oxygens (including phenoxy) is 3. The van der Waals surface area contributed by atoms with Crippen LogP contribution in [0.3, 0.4) is 0 Å². The van der Waals surface area contributed by atoms with Crippen molar-refractivity contribution in [2.75, 3.05) is 26.8 Å². The van der Waals surface area contributed by atoms with Crippen LogP contribution in [0.1, 0.15) is 47.9 Å². The van der Waals surface area contributed by atoms with E-state index in [0.717, 1.165) is 6.42 Å². The molecule has 2 heterocycles. The fourth-order valence-corrected chi connectivity index (χ4v) is 4.15. The molecule has 1 aromatic rings. The zero-order valence-corrected chi connectivity index (χ0v) is 17.2. The molecule has 0 radical (unpaired) electrons. The molecule has 168 valence electrons. The van der Waals surface area contributed by atoms with Crippen molar-refractivity contribution in [1.29, 1.82) is 0 Å². The average molecular weight is 427 g/mol. The molecule has 5 unspecified atom stereocenters. The van der Waals surface area contributed by atoms with Crippen LogP contribution in [0.4, 0.5) is 0 Å². The van der Waals surface area contributed by atoms with Crippen molar-refractivity contribution < 1.29 is 44.5 Å². The Kier molecular flexibility index (Phi) is 6.73. The maximum absolute atomic E-state index is 12.9. The first kappa shape index (κ1) is 22.6. The van der Waals surface area contributed by atoms with Gasteiger partial charge in [-0.15, -0.1) is 0 Å². The predicted molar refractivity (Wildman–Crippen MR) is 103 cm³/mol. The van der Waals surface area contributed by atoms with E-state index in [0.29, 0.717) is 13.1 Å². The largest absolute Gasteiger partial charge is 0.504 e. The summed E-state index contributed by atoms with van der Waals surface area (Å²) in [6, 6.07) is 0. The van der Waals surface area contributed by atoms with Crippen molar-refractivity contribution in [2.24, 2.45) is 0 Å². The Morgan fingerprint density at radius 3 is 2.40 bits per heavy atom. The molecule has 1 aromatic carbocycles. The Morgan fingerprint density at radius 2 is 1.83 bits per heavy atom. The van der Waals surface area contributed by atoms with E-state index in [9.17, 15) is 30.3 Å². The van der Waals surface area contributed by atoms with Crippen molar-refractivity contribution in [2.45, 2.75) is 57.3 Å². The molecule has 10 heteroatoms. The number of phenolic OH excluding ortho intramolecular Hbond substituents is 2. The molecule has 0 bridgehead atoms. The molecular weight excluding hydrogens is 398 g/mol. The van der Waals surface area contributed by atoms with Crippen LogP contribution in [0.5, 0.6) is 17.2 Å². The molecule has 0 spiro atoms. The van der Waals surface area contributed by atoms with Crippen molar-refractivity contribution in [3.05, 3.63) is 16.7 Å². The quantitative estimate of drug-likeness (QED) is 0.377. The van der Waals surface area contributed by atoms with Gasteiger partial charge in [0.2, 0.25) is 5.75 Å². The summed E-state index contributed by atoms with van der Waals surface area (Å²) in [6.45, 7) is 4.91. The minimum Gasteiger partial charge on any atom is -0.504 e. The van der Waals surface area contributed by atoms with Gasteiger partial charge in [0, 0.05) is 17.7 Å². The highest BCUT2D eigenvalue weighted by Gasteiger charge is 2.53. The van der Waals surface area contributed by atoms with E-state index in [1.54, 1.807) is 0 Å². The van der Waals surface area contributed by atoms with Gasteiger partial charge in [0.1, 0.15) is 24.4 Å². The molecule has 30 heavy (non-hydrogen) atoms. The Bertz CT molecular complexity index is 799. The number of phenols is 2. The lowest BCUT2D eigenvalue weighted by atomic mass is 9.84. The normalized spacial score (nSPS) is 28.1. The Hall–Kier alpha value is -2.11. The van der Waals surface area contributed by atoms with Gasteiger partial charge in [-0.05, 0) is 19.5 Å². The number of hydrogen-bond acceptors (Lipinski definition) is 10. The number of methoxy groups -OCH3 is 1. The third-order valence-electron chi connectivity index (χ3n) is 5.71. The van der Waals surface area contributed by atoms with Crippen molar-refractivity contribution in [1.82, 2.24) is 4.90 Å². The van der Waals surface area contributed by atoms with Crippen molar-refractivity contribution in [3.63, 3.8) is 0 Å². The van der Waals surface area contributed by atoms with Crippen LogP contribution in [0.2, 0.25) is 0 Å². The summed E-state index contributed by atoms with van der Waals surface area (Å²) in [5, 5.41) is 51.6. The number of nitrogens with zero attached hydrogens (tertiary/aromatic N) is 1. The zero-order chi connectivity index (χ0) is 22.2. The summed E-state index contributed by atoms with van der Waals surface area (Å²) in [5.74, 6) is -1.98. The molecule has 0 saturated carbocycles. The van der Waals surface area contributed by atoms with Crippen LogP contribution in [-0.2, 0) is 16.0 Å². The number of hydrogen-bond donors (Lipinski definition) is 5. The number of benzene rings is 1. The molecule has 5 atom stereocenters. The third-order valence-corrected chi connectivity index (χ3v) is 5.71. The number of esters is 1. The van der Waals surface area contributed by atoms with E-state index in [4.69, 9.17) is 14.2 Å². The third kappa shape index (κ3) is 3.58. The fourth-order valence-electron chi connectivity index (χ4n) is 4.15. The molecule has 2 aliphatic heterocycles. The minimum absolute atomic E-state index is 0.00199. The van der Waals surface area contributed by atoms with Gasteiger partial charge >= 0.3 is 5.97 Å². The van der Waals surface area contributed by atoms with E-state index in [1.165, 1.54) is 7.11 Å². The second-order valence-corrected chi connectivity index (χ2v) is 7.50. The van der Waals surface area contributed by atoms with Crippen LogP contribution in [0, 0.1) is 0 Å². The highest BCUT2D eigenvalue weighted by molar-refractivity contribution is 5.97. The van der Waals surface area contributed by atoms with Gasteiger partial charge in [-0.1, -0.05) is 13.8 Å². The molecule has 3 rings (SSSR count). The van der Waals surface area contributed by atoms with Crippen LogP contribution in [-0.4, -0.2) is 87.6 Å². The molecule has 0 aromatic heterocycles. The molecule has 5 N–H and O–H groups in total. The van der Waals surface area contributed by atoms with Crippen molar-refractivity contribution >= 4 is 5.97 Å². The van der Waals surface area contributed by atoms with Crippen LogP contribution < -0.4 is 4.74 Å². The number of aliphatic hydroxyl groups is 3. The van der Waals surface area contributed by atoms with Gasteiger partial charge in [-0.3, -0.25) is 4.90 Å². The molecule has 10 nitrogen and oxygen atoms in total. The lowest BCUT2D eigenvalue weighted by molar-refractivity contribution is -0.235. The van der Waals surface area contributed by atoms with E-state index in [-0.39, 0.29) is 34.7 Å². The van der Waals surface area contributed by atoms with Gasteiger partial charge in [-0.25, -0.2) is 4.79 Å². The van der Waals surface area contributed by atoms with Crippen molar-refractivity contribution in [3.8, 4) is 17.2 Å². The summed E-state index contributed by atoms with van der Waals surface area (Å²) in [6.07, 6.45) is -5.77. The van der Waals surface area contributed by atoms with Gasteiger partial charge in [-0.2, -0.15) is 0 Å². The molecule has 0 amide bonds. The lowest BCUT2D eigenvalue weighted by Crippen LogP contribution is -2.58. The summed E-state index contributed by atoms with van der Waals surface area (Å²) >= 11 is 0. The Morgan fingerprint density at radius 1 is 1.13 bits per heavy atom. The summed E-state index contributed by atoms with van der Waals surface area (Å²) in [4.78, 5) is 14.9. The smallest absolute Gasteiger partial charge is 0.339 e. The second kappa shape index (κ2) is 8.94. The molecule has 0 aliphatic carbocycles. The predicted octanol–water partition coefficient (Wildman–Crippen LogP) is 0.0313. The van der Waals surface area contributed by atoms with Crippen LogP contribution in [0.15, 0.2) is 0 Å². The van der Waals surface area contributed by atoms with Crippen LogP contribution >= 0.6 is 0 Å². The topological polar surface area (TPSA) is 149 Å². The van der Waals surface area contributed by atoms with Gasteiger partial charge in [0.25, 0.3) is 0 Å². The zero-order valence-electron chi connectivity index (χ0n) is 17.2. The lowest BCUT2D eigenvalue weighted by Gasteiger charge is -2.45. The minimum atomic E-state index is -1.53. The van der Waals surface area contributed by atoms with E-state index < -0.39 is 48.8 Å². The van der Waals surface area contributed by atoms with E-state index >= 15 is 0 Å². The van der Waals surface area contributed by atoms with Gasteiger partial charge < -0.3 is 39.7 Å². The number of rotatable bonds is 7. The fraction of sp³-hybridized carbons (Fsp3) is 0.650. The summed E-state index contributed by atoms with van der Waals surface area (Å²) < 4.78 is 16.2. The Labute approximate surface area is 174 Å². The maximum Gasteiger partial charge on any atom is 0.339 e. The highest BCUT2D eigenvalue weighted by Crippen LogP contribution is 2.52. The molecular formula is C20H29NO9. The number of carbonyl (C=O) groups excluding carboxylic acids is 1. The summed E-state index contributed by atoms with van der Waals surface area (Å²) in [5.41, 5.74) is 0.142. The SMILES string of the molecule is CCCN(CC)Cc1c(O)c(OC)c(O)c2c1C(=O)OC1C2OC(CO)C(O)C1O. The highest BCUT2D eigenvalue weighted by atomic mass is 16.6. The van der Waals surface area contributed by atoms with Gasteiger partial charge in [0.15, 0.2) is 17.6 Å². The van der Waals surface area contributed by atoms with Crippen LogP contribution in [0.25, 0.3) is 0 Å². The standard InChI is InChI=1S/C20H29NO9/c1-4-6-21(5-2)7-9-11-12(15(25)18(28-3)13(9)23)17-19(30-20(11)27)16(26)14(24)10(8-22)29-17/h10,14,16-17,19,22-26H,4-8H2,1-3H3. The molecule has 2 aliphatic rings. The monoisotopic (exact) mass is 427 g/mol. The second-order valence-electron chi connectivity index (χ2n) is 7.50. The molecule has 1 fully saturated rings. The maximum atomic E-state index is 12.9. The average Bonchev–Trinajstić information content (AvgIpc) is 2.73. The summed E-state index contributed by atoms with van der Waals surface area (Å²) in [7, 11) is 1.27. The first-order valence-corrected chi connectivity index (χ1v) is 10.0. The van der Waals surface area contributed by atoms with E-state index in [1.807, 2.05) is 18.7 Å².